The van der Waals surface area contributed by atoms with E-state index in [-0.39, 0.29) is 127 Å². The average Bonchev–Trinajstić information content (AvgIpc) is 0.767. The fraction of sp³-hybridized carbons (Fsp3) is 0.239. The lowest BCUT2D eigenvalue weighted by atomic mass is 9.89. The number of phenolic OH excluding ortho intramolecular Hbond substituents is 5. The highest BCUT2D eigenvalue weighted by Crippen LogP contribution is 2.49. The molecule has 7 aromatic carbocycles. The van der Waals surface area contributed by atoms with Crippen LogP contribution in [0.2, 0.25) is 10.0 Å². The topological polar surface area (TPSA) is 453 Å². The van der Waals surface area contributed by atoms with E-state index in [4.69, 9.17) is 52.6 Å². The number of nitrogens with two attached hydrogens (primary N) is 1. The maximum Gasteiger partial charge on any atom is 0.333 e. The number of aliphatic hydroxyl groups excluding tert-OH is 1. The van der Waals surface area contributed by atoms with Crippen molar-refractivity contribution >= 4 is 92.4 Å². The minimum atomic E-state index is -2.20. The second kappa shape index (κ2) is 29.9. The van der Waals surface area contributed by atoms with E-state index in [1.807, 2.05) is 0 Å². The first-order chi connectivity index (χ1) is 47.8. The molecule has 8 atom stereocenters. The standard InChI is InChI=1S/C67H60BrCl2N9O21/c1-95-51(86)27-73-50(85)26-72-11-13-96-60-48-21-33-22-49(60)100-46-9-5-31(19-40(46)70)59(87)58-66(93)78-57(67(94)97-12-10-68)38-24-35(81)25-44(84)52(38)37-18-30(4-6-42(37)82)54(63(90)79-58)76-65(92)56(33)77-64(91)55-32-16-34(80)23-36(17-32)98-47-20-29(3-7-43(47)83)53(71)62(89)74-41(61(88)75-55)15-28-2-8-45(99-48)39(69)14-28/h2-9,14,16-25,41,53-59,72,80-84,87H,10-13,15,26-27,71H2,1H3,(H,73,85)(H,74,89)(H,75,88)(H,76,92)(H,77,91)(H,78,93)(H,79,90)/t41-,53+,54-,55+,56-,57-,58+,59-/m1/s1. The van der Waals surface area contributed by atoms with Crippen LogP contribution >= 0.6 is 39.1 Å². The summed E-state index contributed by atoms with van der Waals surface area (Å²) in [6, 6.07) is 8.94. The van der Waals surface area contributed by atoms with Crippen molar-refractivity contribution in [1.82, 2.24) is 42.5 Å². The summed E-state index contributed by atoms with van der Waals surface area (Å²) in [6.45, 7) is -1.47. The Kier molecular flexibility index (Phi) is 21.0. The predicted octanol–water partition coefficient (Wildman–Crippen LogP) is 4.39. The lowest BCUT2D eigenvalue weighted by molar-refractivity contribution is -0.148. The number of nitrogens with one attached hydrogen (secondary N) is 8. The zero-order valence-corrected chi connectivity index (χ0v) is 55.2. The van der Waals surface area contributed by atoms with Gasteiger partial charge in [-0.05, 0) is 112 Å². The highest BCUT2D eigenvalue weighted by Gasteiger charge is 2.42. The van der Waals surface area contributed by atoms with Crippen LogP contribution in [0.3, 0.4) is 0 Å². The molecular formula is C67H60BrCl2N9O21. The molecule has 6 heterocycles. The van der Waals surface area contributed by atoms with E-state index in [1.165, 1.54) is 66.7 Å². The molecule has 16 N–H and O–H groups in total. The van der Waals surface area contributed by atoms with Crippen LogP contribution in [0.1, 0.15) is 75.3 Å². The number of carbonyl (C=O) groups excluding carboxylic acids is 9. The van der Waals surface area contributed by atoms with E-state index >= 15 is 24.0 Å². The molecule has 0 saturated heterocycles. The molecule has 7 amide bonds. The van der Waals surface area contributed by atoms with Crippen molar-refractivity contribution < 1.29 is 102 Å². The number of esters is 2. The van der Waals surface area contributed by atoms with Gasteiger partial charge in [0.15, 0.2) is 29.0 Å². The number of hydrogen-bond acceptors (Lipinski definition) is 23. The maximum atomic E-state index is 16.1. The molecule has 0 spiro atoms. The molecular weight excluding hydrogens is 1420 g/mol. The van der Waals surface area contributed by atoms with Crippen LogP contribution in [0, 0.1) is 0 Å². The molecule has 0 fully saturated rings. The van der Waals surface area contributed by atoms with Gasteiger partial charge in [-0.15, -0.1) is 0 Å². The Morgan fingerprint density at radius 2 is 1.21 bits per heavy atom. The van der Waals surface area contributed by atoms with Crippen LogP contribution in [0.15, 0.2) is 115 Å². The predicted molar refractivity (Wildman–Crippen MR) is 354 cm³/mol. The third kappa shape index (κ3) is 15.4. The highest BCUT2D eigenvalue weighted by atomic mass is 79.9. The molecule has 17 bridgehead atoms. The van der Waals surface area contributed by atoms with Crippen molar-refractivity contribution in [2.24, 2.45) is 5.73 Å². The molecule has 7 aromatic rings. The molecule has 30 nitrogen and oxygen atoms in total. The van der Waals surface area contributed by atoms with Gasteiger partial charge in [0.2, 0.25) is 47.1 Å². The number of halogens is 3. The van der Waals surface area contributed by atoms with Crippen molar-refractivity contribution in [2.75, 3.05) is 45.3 Å². The summed E-state index contributed by atoms with van der Waals surface area (Å²) < 4.78 is 35.7. The molecule has 0 unspecified atom stereocenters. The number of amides is 7. The molecule has 0 radical (unpaired) electrons. The van der Waals surface area contributed by atoms with Gasteiger partial charge in [-0.2, -0.15) is 0 Å². The Balaban J connectivity index is 1.14. The van der Waals surface area contributed by atoms with Gasteiger partial charge in [0, 0.05) is 47.1 Å². The second-order valence-corrected chi connectivity index (χ2v) is 24.6. The first-order valence-corrected chi connectivity index (χ1v) is 32.2. The van der Waals surface area contributed by atoms with Crippen molar-refractivity contribution in [3.05, 3.63) is 164 Å². The number of carbonyl (C=O) groups is 9. The van der Waals surface area contributed by atoms with Gasteiger partial charge in [-0.25, -0.2) is 4.79 Å². The normalized spacial score (nSPS) is 20.3. The highest BCUT2D eigenvalue weighted by molar-refractivity contribution is 9.09. The minimum Gasteiger partial charge on any atom is -0.508 e. The molecule has 520 valence electrons. The Labute approximate surface area is 584 Å². The Hall–Kier alpha value is -11.1. The summed E-state index contributed by atoms with van der Waals surface area (Å²) >= 11 is 17.3. The van der Waals surface area contributed by atoms with Gasteiger partial charge in [-0.3, -0.25) is 38.4 Å². The van der Waals surface area contributed by atoms with Crippen molar-refractivity contribution in [3.8, 4) is 80.1 Å². The van der Waals surface area contributed by atoms with Crippen molar-refractivity contribution in [3.63, 3.8) is 0 Å². The van der Waals surface area contributed by atoms with Gasteiger partial charge in [0.05, 0.1) is 23.7 Å². The van der Waals surface area contributed by atoms with Gasteiger partial charge < -0.3 is 107 Å². The van der Waals surface area contributed by atoms with E-state index in [0.29, 0.717) is 5.56 Å². The van der Waals surface area contributed by atoms with Gasteiger partial charge in [-0.1, -0.05) is 63.4 Å². The average molecular weight is 1480 g/mol. The lowest BCUT2D eigenvalue weighted by Crippen LogP contribution is -2.55. The monoisotopic (exact) mass is 1480 g/mol. The summed E-state index contributed by atoms with van der Waals surface area (Å²) in [5.74, 6) is -14.7. The van der Waals surface area contributed by atoms with Crippen LogP contribution in [-0.2, 0) is 59.0 Å². The zero-order chi connectivity index (χ0) is 71.4. The number of aliphatic hydroxyl groups is 1. The summed E-state index contributed by atoms with van der Waals surface area (Å²) in [4.78, 5) is 131. The molecule has 0 aliphatic carbocycles. The third-order valence-electron chi connectivity index (χ3n) is 16.2. The van der Waals surface area contributed by atoms with Crippen molar-refractivity contribution in [1.29, 1.82) is 0 Å². The summed E-state index contributed by atoms with van der Waals surface area (Å²) in [5, 5.41) is 89.7. The number of methoxy groups -OCH3 is 1. The first kappa shape index (κ1) is 70.2. The molecule has 100 heavy (non-hydrogen) atoms. The summed E-state index contributed by atoms with van der Waals surface area (Å²) in [7, 11) is 1.15. The van der Waals surface area contributed by atoms with Crippen LogP contribution in [0.4, 0.5) is 0 Å². The van der Waals surface area contributed by atoms with E-state index in [0.717, 1.165) is 55.6 Å². The number of rotatable bonds is 11. The van der Waals surface area contributed by atoms with E-state index < -0.39 is 143 Å². The quantitative estimate of drug-likeness (QED) is 0.0485. The number of aromatic hydroxyl groups is 5. The first-order valence-electron chi connectivity index (χ1n) is 30.4. The van der Waals surface area contributed by atoms with Gasteiger partial charge >= 0.3 is 11.9 Å². The van der Waals surface area contributed by atoms with Gasteiger partial charge in [0.25, 0.3) is 0 Å². The Morgan fingerprint density at radius 1 is 0.590 bits per heavy atom. The molecule has 0 aromatic heterocycles. The van der Waals surface area contributed by atoms with Crippen LogP contribution in [0.5, 0.6) is 69.0 Å². The van der Waals surface area contributed by atoms with E-state index in [1.54, 1.807) is 0 Å². The summed E-state index contributed by atoms with van der Waals surface area (Å²) in [5.41, 5.74) is 4.74. The fourth-order valence-electron chi connectivity index (χ4n) is 11.3. The second-order valence-electron chi connectivity index (χ2n) is 23.0. The SMILES string of the molecule is COC(=O)CNC(=O)CNCCOc1c2cc3cc1Oc1ccc(cc1Cl)[C@@H](O)[C@@H]1NC(=O)[C@H](NC(=O)[C@@H]3NC(=O)[C@H]3NC(=O)[C@@H](Cc4ccc(c(Cl)c4)O2)NC(=O)[C@@H](N)c2ccc(O)c(c2)Oc2cc(O)cc3c2)c2ccc(O)c(c2)-c2c(O)cc(O)cc2[C@H](C(=O)OCCBr)NC1=O. The van der Waals surface area contributed by atoms with E-state index in [9.17, 15) is 49.8 Å². The lowest BCUT2D eigenvalue weighted by Gasteiger charge is -2.31. The number of ether oxygens (including phenoxy) is 6. The molecule has 13 rings (SSSR count). The minimum absolute atomic E-state index is 0.0959. The molecule has 0 saturated carbocycles. The van der Waals surface area contributed by atoms with Crippen LogP contribution < -0.4 is 67.2 Å². The van der Waals surface area contributed by atoms with Gasteiger partial charge in [0.1, 0.15) is 102 Å². The smallest absolute Gasteiger partial charge is 0.333 e. The Bertz CT molecular complexity index is 4490. The molecule has 6 aliphatic rings. The molecule has 33 heteroatoms. The van der Waals surface area contributed by atoms with E-state index in [2.05, 4.69) is 63.2 Å². The largest absolute Gasteiger partial charge is 0.508 e. The number of fused-ring (bicyclic) bond motifs is 14. The number of hydrogen-bond donors (Lipinski definition) is 15. The molecule has 6 aliphatic heterocycles. The Morgan fingerprint density at radius 3 is 1.90 bits per heavy atom. The maximum absolute atomic E-state index is 16.1. The van der Waals surface area contributed by atoms with Crippen LogP contribution in [0.25, 0.3) is 11.1 Å². The number of benzene rings is 7. The number of phenols is 5. The van der Waals surface area contributed by atoms with Crippen molar-refractivity contribution in [2.45, 2.75) is 54.8 Å². The third-order valence-corrected chi connectivity index (χ3v) is 17.1. The van der Waals surface area contributed by atoms with Crippen LogP contribution in [-0.4, -0.2) is 141 Å². The zero-order valence-electron chi connectivity index (χ0n) is 52.1. The fourth-order valence-corrected chi connectivity index (χ4v) is 11.9. The number of alkyl halides is 1. The summed E-state index contributed by atoms with van der Waals surface area (Å²) in [6.07, 6.45) is -2.51.